The maximum atomic E-state index is 6.07. The first kappa shape index (κ1) is 14.5. The highest BCUT2D eigenvalue weighted by molar-refractivity contribution is 4.90. The summed E-state index contributed by atoms with van der Waals surface area (Å²) in [5.41, 5.74) is 6.07. The zero-order chi connectivity index (χ0) is 13.7. The first-order valence-corrected chi connectivity index (χ1v) is 7.51. The van der Waals surface area contributed by atoms with E-state index in [4.69, 9.17) is 10.3 Å². The molecule has 5 nitrogen and oxygen atoms in total. The molecule has 2 N–H and O–H groups in total. The van der Waals surface area contributed by atoms with Gasteiger partial charge < -0.3 is 10.3 Å². The smallest absolute Gasteiger partial charge is 0.240 e. The molecule has 108 valence electrons. The largest absolute Gasteiger partial charge is 0.338 e. The lowest BCUT2D eigenvalue weighted by Crippen LogP contribution is -2.48. The fourth-order valence-corrected chi connectivity index (χ4v) is 2.77. The van der Waals surface area contributed by atoms with E-state index < -0.39 is 0 Å². The maximum absolute atomic E-state index is 6.07. The van der Waals surface area contributed by atoms with Crippen molar-refractivity contribution >= 4 is 0 Å². The average Bonchev–Trinajstić information content (AvgIpc) is 2.84. The fraction of sp³-hybridized carbons (Fsp3) is 0.857. The molecular weight excluding hydrogens is 240 g/mol. The SMILES string of the molecule is CCCCc1noc(CN2CCCCC2C(C)N)n1. The lowest BCUT2D eigenvalue weighted by molar-refractivity contribution is 0.109. The molecule has 0 aliphatic carbocycles. The highest BCUT2D eigenvalue weighted by Crippen LogP contribution is 2.21. The van der Waals surface area contributed by atoms with Crippen molar-refractivity contribution in [1.82, 2.24) is 15.0 Å². The molecule has 1 aliphatic heterocycles. The van der Waals surface area contributed by atoms with Crippen molar-refractivity contribution < 1.29 is 4.52 Å². The summed E-state index contributed by atoms with van der Waals surface area (Å²) >= 11 is 0. The fourth-order valence-electron chi connectivity index (χ4n) is 2.77. The first-order chi connectivity index (χ1) is 9.20. The maximum Gasteiger partial charge on any atom is 0.240 e. The quantitative estimate of drug-likeness (QED) is 0.854. The highest BCUT2D eigenvalue weighted by atomic mass is 16.5. The Morgan fingerprint density at radius 3 is 3.05 bits per heavy atom. The van der Waals surface area contributed by atoms with E-state index in [1.807, 2.05) is 0 Å². The Hall–Kier alpha value is -0.940. The molecule has 1 saturated heterocycles. The van der Waals surface area contributed by atoms with Crippen molar-refractivity contribution in [1.29, 1.82) is 0 Å². The van der Waals surface area contributed by atoms with Gasteiger partial charge >= 0.3 is 0 Å². The molecule has 1 aliphatic rings. The number of likely N-dealkylation sites (tertiary alicyclic amines) is 1. The molecule has 2 unspecified atom stereocenters. The number of nitrogens with two attached hydrogens (primary N) is 1. The number of hydrogen-bond acceptors (Lipinski definition) is 5. The van der Waals surface area contributed by atoms with Crippen LogP contribution in [0.3, 0.4) is 0 Å². The van der Waals surface area contributed by atoms with Gasteiger partial charge in [0.05, 0.1) is 6.54 Å². The van der Waals surface area contributed by atoms with Crippen molar-refractivity contribution in [3.8, 4) is 0 Å². The first-order valence-electron chi connectivity index (χ1n) is 7.51. The Bertz CT molecular complexity index is 377. The third-order valence-electron chi connectivity index (χ3n) is 3.87. The van der Waals surface area contributed by atoms with E-state index in [-0.39, 0.29) is 6.04 Å². The van der Waals surface area contributed by atoms with Gasteiger partial charge in [-0.25, -0.2) is 0 Å². The van der Waals surface area contributed by atoms with E-state index in [1.54, 1.807) is 0 Å². The zero-order valence-electron chi connectivity index (χ0n) is 12.1. The van der Waals surface area contributed by atoms with Gasteiger partial charge in [-0.05, 0) is 32.7 Å². The van der Waals surface area contributed by atoms with Crippen molar-refractivity contribution in [2.75, 3.05) is 6.54 Å². The second-order valence-corrected chi connectivity index (χ2v) is 5.60. The van der Waals surface area contributed by atoms with Crippen LogP contribution in [0.5, 0.6) is 0 Å². The van der Waals surface area contributed by atoms with Crippen LogP contribution in [0.4, 0.5) is 0 Å². The minimum Gasteiger partial charge on any atom is -0.338 e. The van der Waals surface area contributed by atoms with Gasteiger partial charge in [0.2, 0.25) is 5.89 Å². The van der Waals surface area contributed by atoms with Crippen LogP contribution in [-0.2, 0) is 13.0 Å². The molecule has 0 saturated carbocycles. The number of nitrogens with zero attached hydrogens (tertiary/aromatic N) is 3. The normalized spacial score (nSPS) is 22.6. The molecule has 0 amide bonds. The molecular formula is C14H26N4O. The third-order valence-corrected chi connectivity index (χ3v) is 3.87. The molecule has 0 radical (unpaired) electrons. The van der Waals surface area contributed by atoms with E-state index in [9.17, 15) is 0 Å². The van der Waals surface area contributed by atoms with E-state index >= 15 is 0 Å². The number of piperidine rings is 1. The second-order valence-electron chi connectivity index (χ2n) is 5.60. The molecule has 1 aromatic rings. The summed E-state index contributed by atoms with van der Waals surface area (Å²) in [7, 11) is 0. The Morgan fingerprint density at radius 2 is 2.32 bits per heavy atom. The van der Waals surface area contributed by atoms with Crippen LogP contribution in [0.1, 0.15) is 57.7 Å². The molecule has 2 rings (SSSR count). The standard InChI is InChI=1S/C14H26N4O/c1-3-4-8-13-16-14(19-17-13)10-18-9-6-5-7-12(18)11(2)15/h11-12H,3-10,15H2,1-2H3. The van der Waals surface area contributed by atoms with Crippen molar-refractivity contribution in [3.63, 3.8) is 0 Å². The highest BCUT2D eigenvalue weighted by Gasteiger charge is 2.26. The molecule has 1 aromatic heterocycles. The Morgan fingerprint density at radius 1 is 1.47 bits per heavy atom. The number of aromatic nitrogens is 2. The van der Waals surface area contributed by atoms with Crippen LogP contribution in [0.15, 0.2) is 4.52 Å². The Kier molecular flexibility index (Phi) is 5.34. The van der Waals surface area contributed by atoms with E-state index in [2.05, 4.69) is 28.9 Å². The second kappa shape index (κ2) is 7.01. The van der Waals surface area contributed by atoms with Gasteiger partial charge in [0, 0.05) is 18.5 Å². The van der Waals surface area contributed by atoms with E-state index in [1.165, 1.54) is 19.3 Å². The summed E-state index contributed by atoms with van der Waals surface area (Å²) in [6.45, 7) is 6.08. The average molecular weight is 266 g/mol. The number of aryl methyl sites for hydroxylation is 1. The number of rotatable bonds is 6. The van der Waals surface area contributed by atoms with Crippen LogP contribution in [0.2, 0.25) is 0 Å². The number of unbranched alkanes of at least 4 members (excludes halogenated alkanes) is 1. The van der Waals surface area contributed by atoms with Crippen LogP contribution < -0.4 is 5.73 Å². The van der Waals surface area contributed by atoms with Crippen molar-refractivity contribution in [2.45, 2.75) is 71.0 Å². The monoisotopic (exact) mass is 266 g/mol. The van der Waals surface area contributed by atoms with Crippen LogP contribution in [0, 0.1) is 0 Å². The van der Waals surface area contributed by atoms with Gasteiger partial charge in [-0.3, -0.25) is 4.90 Å². The van der Waals surface area contributed by atoms with Crippen LogP contribution >= 0.6 is 0 Å². The van der Waals surface area contributed by atoms with Gasteiger partial charge in [-0.15, -0.1) is 0 Å². The third kappa shape index (κ3) is 4.01. The Labute approximate surface area is 115 Å². The van der Waals surface area contributed by atoms with Crippen LogP contribution in [0.25, 0.3) is 0 Å². The summed E-state index contributed by atoms with van der Waals surface area (Å²) in [4.78, 5) is 6.87. The van der Waals surface area contributed by atoms with Gasteiger partial charge in [-0.2, -0.15) is 4.98 Å². The predicted octanol–water partition coefficient (Wildman–Crippen LogP) is 2.11. The predicted molar refractivity (Wildman–Crippen MR) is 74.6 cm³/mol. The lowest BCUT2D eigenvalue weighted by atomic mass is 9.97. The van der Waals surface area contributed by atoms with Crippen LogP contribution in [-0.4, -0.2) is 33.7 Å². The van der Waals surface area contributed by atoms with Gasteiger partial charge in [0.15, 0.2) is 5.82 Å². The van der Waals surface area contributed by atoms with E-state index in [0.717, 1.165) is 44.1 Å². The molecule has 5 heteroatoms. The topological polar surface area (TPSA) is 68.2 Å². The summed E-state index contributed by atoms with van der Waals surface area (Å²) in [5.74, 6) is 1.57. The summed E-state index contributed by atoms with van der Waals surface area (Å²) < 4.78 is 5.35. The Balaban J connectivity index is 1.93. The van der Waals surface area contributed by atoms with Gasteiger partial charge in [0.25, 0.3) is 0 Å². The molecule has 0 aromatic carbocycles. The zero-order valence-corrected chi connectivity index (χ0v) is 12.1. The number of hydrogen-bond donors (Lipinski definition) is 1. The molecule has 2 atom stereocenters. The molecule has 0 spiro atoms. The lowest BCUT2D eigenvalue weighted by Gasteiger charge is -2.37. The van der Waals surface area contributed by atoms with Gasteiger partial charge in [0.1, 0.15) is 0 Å². The molecule has 2 heterocycles. The van der Waals surface area contributed by atoms with Crippen molar-refractivity contribution in [2.24, 2.45) is 5.73 Å². The summed E-state index contributed by atoms with van der Waals surface area (Å²) in [5, 5.41) is 4.05. The summed E-state index contributed by atoms with van der Waals surface area (Å²) in [6.07, 6.45) is 6.87. The summed E-state index contributed by atoms with van der Waals surface area (Å²) in [6, 6.07) is 0.641. The molecule has 1 fully saturated rings. The molecule has 0 bridgehead atoms. The van der Waals surface area contributed by atoms with Gasteiger partial charge in [-0.1, -0.05) is 24.9 Å². The molecule has 19 heavy (non-hydrogen) atoms. The minimum absolute atomic E-state index is 0.197. The van der Waals surface area contributed by atoms with Crippen molar-refractivity contribution in [3.05, 3.63) is 11.7 Å². The van der Waals surface area contributed by atoms with E-state index in [0.29, 0.717) is 6.04 Å². The minimum atomic E-state index is 0.197.